The van der Waals surface area contributed by atoms with Gasteiger partial charge in [0.1, 0.15) is 0 Å². The molecule has 0 aromatic heterocycles. The van der Waals surface area contributed by atoms with Gasteiger partial charge in [-0.25, -0.2) is 0 Å². The number of hydrogen-bond acceptors (Lipinski definition) is 1. The lowest BCUT2D eigenvalue weighted by atomic mass is 10.2. The summed E-state index contributed by atoms with van der Waals surface area (Å²) in [5.74, 6) is 0. The molecule has 78 valence electrons. The Labute approximate surface area is 96.5 Å². The molecule has 0 radical (unpaired) electrons. The molecule has 1 saturated heterocycles. The molecule has 3 heteroatoms. The second-order valence-corrected chi connectivity index (χ2v) is 4.22. The molecule has 1 aliphatic heterocycles. The van der Waals surface area contributed by atoms with Gasteiger partial charge in [-0.2, -0.15) is 0 Å². The SMILES string of the molecule is Cl.ClC1CCN(Cc2ccccc2)C1. The number of nitrogens with zero attached hydrogens (tertiary/aromatic N) is 1. The molecule has 1 aromatic rings. The molecule has 0 aliphatic carbocycles. The van der Waals surface area contributed by atoms with Crippen molar-refractivity contribution in [3.8, 4) is 0 Å². The molecule has 1 heterocycles. The van der Waals surface area contributed by atoms with E-state index in [0.717, 1.165) is 26.1 Å². The van der Waals surface area contributed by atoms with Crippen molar-refractivity contribution in [3.05, 3.63) is 35.9 Å². The van der Waals surface area contributed by atoms with E-state index in [0.29, 0.717) is 5.38 Å². The van der Waals surface area contributed by atoms with Crippen LogP contribution in [0.25, 0.3) is 0 Å². The molecule has 1 nitrogen and oxygen atoms in total. The molecule has 2 rings (SSSR count). The van der Waals surface area contributed by atoms with Crippen molar-refractivity contribution < 1.29 is 0 Å². The van der Waals surface area contributed by atoms with Crippen molar-refractivity contribution in [2.75, 3.05) is 13.1 Å². The summed E-state index contributed by atoms with van der Waals surface area (Å²) in [7, 11) is 0. The molecule has 1 unspecified atom stereocenters. The molecule has 1 aliphatic rings. The summed E-state index contributed by atoms with van der Waals surface area (Å²) in [5.41, 5.74) is 1.38. The Bertz CT molecular complexity index is 263. The normalized spacial score (nSPS) is 21.9. The summed E-state index contributed by atoms with van der Waals surface area (Å²) in [6.45, 7) is 3.23. The second kappa shape index (κ2) is 5.59. The topological polar surface area (TPSA) is 3.24 Å². The fraction of sp³-hybridized carbons (Fsp3) is 0.455. The predicted molar refractivity (Wildman–Crippen MR) is 63.2 cm³/mol. The number of likely N-dealkylation sites (tertiary alicyclic amines) is 1. The zero-order valence-corrected chi connectivity index (χ0v) is 9.60. The van der Waals surface area contributed by atoms with E-state index >= 15 is 0 Å². The summed E-state index contributed by atoms with van der Waals surface area (Å²) in [6.07, 6.45) is 1.13. The minimum Gasteiger partial charge on any atom is -0.298 e. The van der Waals surface area contributed by atoms with Gasteiger partial charge in [-0.3, -0.25) is 4.90 Å². The molecule has 1 fully saturated rings. The van der Waals surface area contributed by atoms with Crippen LogP contribution in [0.5, 0.6) is 0 Å². The van der Waals surface area contributed by atoms with Crippen LogP contribution in [-0.4, -0.2) is 23.4 Å². The molecule has 0 saturated carbocycles. The van der Waals surface area contributed by atoms with E-state index < -0.39 is 0 Å². The molecule has 0 bridgehead atoms. The van der Waals surface area contributed by atoms with Crippen molar-refractivity contribution in [2.45, 2.75) is 18.3 Å². The Balaban J connectivity index is 0.000000980. The number of halogens is 2. The monoisotopic (exact) mass is 231 g/mol. The first-order valence-electron chi connectivity index (χ1n) is 4.75. The zero-order valence-electron chi connectivity index (χ0n) is 8.03. The van der Waals surface area contributed by atoms with E-state index in [9.17, 15) is 0 Å². The van der Waals surface area contributed by atoms with Gasteiger partial charge in [0.2, 0.25) is 0 Å². The van der Waals surface area contributed by atoms with E-state index in [1.165, 1.54) is 5.56 Å². The van der Waals surface area contributed by atoms with Gasteiger partial charge in [0, 0.05) is 18.5 Å². The van der Waals surface area contributed by atoms with E-state index in [1.54, 1.807) is 0 Å². The van der Waals surface area contributed by atoms with Crippen molar-refractivity contribution >= 4 is 24.0 Å². The molecule has 0 amide bonds. The largest absolute Gasteiger partial charge is 0.298 e. The molecular weight excluding hydrogens is 217 g/mol. The number of hydrogen-bond donors (Lipinski definition) is 0. The van der Waals surface area contributed by atoms with Crippen LogP contribution in [0.3, 0.4) is 0 Å². The van der Waals surface area contributed by atoms with Gasteiger partial charge >= 0.3 is 0 Å². The van der Waals surface area contributed by atoms with Crippen LogP contribution in [-0.2, 0) is 6.54 Å². The fourth-order valence-electron chi connectivity index (χ4n) is 1.77. The minimum absolute atomic E-state index is 0. The highest BCUT2D eigenvalue weighted by atomic mass is 35.5. The van der Waals surface area contributed by atoms with Gasteiger partial charge in [0.05, 0.1) is 0 Å². The zero-order chi connectivity index (χ0) is 9.10. The average Bonchev–Trinajstić information content (AvgIpc) is 2.53. The van der Waals surface area contributed by atoms with E-state index in [2.05, 4.69) is 35.2 Å². The molecule has 0 spiro atoms. The summed E-state index contributed by atoms with van der Waals surface area (Å²) >= 11 is 6.03. The molecule has 14 heavy (non-hydrogen) atoms. The van der Waals surface area contributed by atoms with Crippen molar-refractivity contribution in [3.63, 3.8) is 0 Å². The lowest BCUT2D eigenvalue weighted by molar-refractivity contribution is 0.332. The lowest BCUT2D eigenvalue weighted by Gasteiger charge is -2.14. The standard InChI is InChI=1S/C11H14ClN.ClH/c12-11-6-7-13(9-11)8-10-4-2-1-3-5-10;/h1-5,11H,6-9H2;1H. The number of alkyl halides is 1. The second-order valence-electron chi connectivity index (χ2n) is 3.61. The Hall–Kier alpha value is -0.240. The van der Waals surface area contributed by atoms with E-state index in [1.807, 2.05) is 0 Å². The molecule has 1 aromatic carbocycles. The first-order chi connectivity index (χ1) is 6.34. The summed E-state index contributed by atoms with van der Waals surface area (Å²) in [4.78, 5) is 2.41. The van der Waals surface area contributed by atoms with Gasteiger partial charge in [0.15, 0.2) is 0 Å². The average molecular weight is 232 g/mol. The van der Waals surface area contributed by atoms with Gasteiger partial charge in [-0.15, -0.1) is 24.0 Å². The molecule has 1 atom stereocenters. The number of benzene rings is 1. The Morgan fingerprint density at radius 3 is 2.57 bits per heavy atom. The third kappa shape index (κ3) is 3.16. The molecular formula is C11H15Cl2N. The van der Waals surface area contributed by atoms with Crippen molar-refractivity contribution in [1.82, 2.24) is 4.90 Å². The van der Waals surface area contributed by atoms with E-state index in [4.69, 9.17) is 11.6 Å². The van der Waals surface area contributed by atoms with Crippen LogP contribution < -0.4 is 0 Å². The quantitative estimate of drug-likeness (QED) is 0.708. The Kier molecular flexibility index (Phi) is 4.73. The van der Waals surface area contributed by atoms with Crippen LogP contribution in [0.15, 0.2) is 30.3 Å². The van der Waals surface area contributed by atoms with E-state index in [-0.39, 0.29) is 12.4 Å². The highest BCUT2D eigenvalue weighted by Crippen LogP contribution is 2.16. The highest BCUT2D eigenvalue weighted by molar-refractivity contribution is 6.20. The summed E-state index contributed by atoms with van der Waals surface area (Å²) < 4.78 is 0. The maximum atomic E-state index is 6.03. The van der Waals surface area contributed by atoms with Crippen LogP contribution in [0.2, 0.25) is 0 Å². The third-order valence-electron chi connectivity index (χ3n) is 2.46. The lowest BCUT2D eigenvalue weighted by Crippen LogP contribution is -2.19. The highest BCUT2D eigenvalue weighted by Gasteiger charge is 2.19. The van der Waals surface area contributed by atoms with Crippen molar-refractivity contribution in [2.24, 2.45) is 0 Å². The maximum Gasteiger partial charge on any atom is 0.0475 e. The predicted octanol–water partition coefficient (Wildman–Crippen LogP) is 2.92. The van der Waals surface area contributed by atoms with Crippen molar-refractivity contribution in [1.29, 1.82) is 0 Å². The van der Waals surface area contributed by atoms with Crippen LogP contribution in [0, 0.1) is 0 Å². The Morgan fingerprint density at radius 1 is 1.29 bits per heavy atom. The molecule has 0 N–H and O–H groups in total. The van der Waals surface area contributed by atoms with Gasteiger partial charge in [-0.05, 0) is 18.5 Å². The summed E-state index contributed by atoms with van der Waals surface area (Å²) in [5, 5.41) is 0.365. The smallest absolute Gasteiger partial charge is 0.0475 e. The van der Waals surface area contributed by atoms with Gasteiger partial charge in [0.25, 0.3) is 0 Å². The number of rotatable bonds is 2. The maximum absolute atomic E-state index is 6.03. The first kappa shape index (κ1) is 11.8. The summed E-state index contributed by atoms with van der Waals surface area (Å²) in [6, 6.07) is 10.6. The Morgan fingerprint density at radius 2 is 2.00 bits per heavy atom. The van der Waals surface area contributed by atoms with Gasteiger partial charge in [-0.1, -0.05) is 30.3 Å². The van der Waals surface area contributed by atoms with Crippen LogP contribution >= 0.6 is 24.0 Å². The van der Waals surface area contributed by atoms with Crippen LogP contribution in [0.1, 0.15) is 12.0 Å². The fourth-order valence-corrected chi connectivity index (χ4v) is 2.06. The van der Waals surface area contributed by atoms with Gasteiger partial charge < -0.3 is 0 Å². The first-order valence-corrected chi connectivity index (χ1v) is 5.18. The third-order valence-corrected chi connectivity index (χ3v) is 2.82. The minimum atomic E-state index is 0. The van der Waals surface area contributed by atoms with Crippen LogP contribution in [0.4, 0.5) is 0 Å².